The lowest BCUT2D eigenvalue weighted by atomic mass is 10.1. The van der Waals surface area contributed by atoms with Crippen LogP contribution in [0.4, 0.5) is 0 Å². The van der Waals surface area contributed by atoms with Crippen molar-refractivity contribution in [2.24, 2.45) is 0 Å². The standard InChI is InChI=1S/C60H100O6/c1-4-7-10-13-16-19-22-25-26-27-28-29-30-31-32-33-34-36-38-41-44-47-50-53-59(62)65-56-57(55-64-58(61)52-49-46-43-40-37-24-21-18-15-12-9-6-3)66-60(63)54-51-48-45-42-39-35-23-20-17-14-11-8-5-2/h8,11,17-18,20-22,25,27-28,30-31,35,39,45,48,57H,4-7,9-10,12-16,19,23-24,26,29,32-34,36-38,40-44,46-47,49-56H2,1-3H3/b11-8-,20-17-,21-18-,25-22-,28-27-,31-30-,39-35-,48-45-. The van der Waals surface area contributed by atoms with E-state index >= 15 is 0 Å². The van der Waals surface area contributed by atoms with E-state index in [-0.39, 0.29) is 31.6 Å². The van der Waals surface area contributed by atoms with Crippen molar-refractivity contribution < 1.29 is 28.6 Å². The number of ether oxygens (including phenoxy) is 3. The fourth-order valence-corrected chi connectivity index (χ4v) is 7.22. The fourth-order valence-electron chi connectivity index (χ4n) is 7.22. The molecule has 0 N–H and O–H groups in total. The average Bonchev–Trinajstić information content (AvgIpc) is 3.31. The Bertz CT molecular complexity index is 1330. The van der Waals surface area contributed by atoms with E-state index in [1.807, 2.05) is 12.2 Å². The first-order valence-electron chi connectivity index (χ1n) is 27.2. The third kappa shape index (κ3) is 51.3. The summed E-state index contributed by atoms with van der Waals surface area (Å²) in [6.45, 7) is 6.40. The monoisotopic (exact) mass is 917 g/mol. The lowest BCUT2D eigenvalue weighted by molar-refractivity contribution is -0.166. The highest BCUT2D eigenvalue weighted by molar-refractivity contribution is 5.71. The summed E-state index contributed by atoms with van der Waals surface area (Å²) in [5, 5.41) is 0. The van der Waals surface area contributed by atoms with E-state index in [9.17, 15) is 14.4 Å². The van der Waals surface area contributed by atoms with Crippen molar-refractivity contribution in [3.63, 3.8) is 0 Å². The van der Waals surface area contributed by atoms with Crippen molar-refractivity contribution in [3.05, 3.63) is 97.2 Å². The Labute approximate surface area is 407 Å². The number of hydrogen-bond donors (Lipinski definition) is 0. The van der Waals surface area contributed by atoms with E-state index in [1.165, 1.54) is 103 Å². The maximum Gasteiger partial charge on any atom is 0.306 e. The van der Waals surface area contributed by atoms with Crippen LogP contribution in [-0.4, -0.2) is 37.2 Å². The second-order valence-electron chi connectivity index (χ2n) is 17.7. The highest BCUT2D eigenvalue weighted by atomic mass is 16.6. The van der Waals surface area contributed by atoms with Crippen molar-refractivity contribution in [2.75, 3.05) is 13.2 Å². The van der Waals surface area contributed by atoms with Gasteiger partial charge in [-0.3, -0.25) is 14.4 Å². The van der Waals surface area contributed by atoms with E-state index in [0.717, 1.165) is 96.3 Å². The average molecular weight is 917 g/mol. The largest absolute Gasteiger partial charge is 0.462 e. The summed E-state index contributed by atoms with van der Waals surface area (Å²) in [6.07, 6.45) is 71.3. The van der Waals surface area contributed by atoms with Gasteiger partial charge in [-0.05, 0) is 109 Å². The molecule has 0 aromatic rings. The quantitative estimate of drug-likeness (QED) is 0.0262. The molecule has 0 saturated heterocycles. The third-order valence-corrected chi connectivity index (χ3v) is 11.3. The zero-order chi connectivity index (χ0) is 47.9. The Kier molecular flexibility index (Phi) is 50.9. The van der Waals surface area contributed by atoms with Crippen molar-refractivity contribution in [3.8, 4) is 0 Å². The van der Waals surface area contributed by atoms with Crippen molar-refractivity contribution in [1.29, 1.82) is 0 Å². The number of carbonyl (C=O) groups excluding carboxylic acids is 3. The van der Waals surface area contributed by atoms with Gasteiger partial charge in [0.25, 0.3) is 0 Å². The van der Waals surface area contributed by atoms with Gasteiger partial charge in [0.1, 0.15) is 13.2 Å². The molecule has 0 saturated carbocycles. The van der Waals surface area contributed by atoms with Gasteiger partial charge in [-0.2, -0.15) is 0 Å². The van der Waals surface area contributed by atoms with Gasteiger partial charge in [-0.25, -0.2) is 0 Å². The molecule has 6 heteroatoms. The molecule has 0 bridgehead atoms. The minimum absolute atomic E-state index is 0.113. The zero-order valence-electron chi connectivity index (χ0n) is 42.9. The van der Waals surface area contributed by atoms with Gasteiger partial charge < -0.3 is 14.2 Å². The molecule has 0 fully saturated rings. The summed E-state index contributed by atoms with van der Waals surface area (Å²) >= 11 is 0. The predicted molar refractivity (Wildman–Crippen MR) is 284 cm³/mol. The van der Waals surface area contributed by atoms with Crippen molar-refractivity contribution in [1.82, 2.24) is 0 Å². The molecule has 1 unspecified atom stereocenters. The van der Waals surface area contributed by atoms with E-state index < -0.39 is 12.1 Å². The number of allylic oxidation sites excluding steroid dienone is 16. The second kappa shape index (κ2) is 53.9. The summed E-state index contributed by atoms with van der Waals surface area (Å²) in [5.41, 5.74) is 0. The number of rotatable bonds is 48. The molecule has 0 heterocycles. The smallest absolute Gasteiger partial charge is 0.306 e. The van der Waals surface area contributed by atoms with Gasteiger partial charge in [0.15, 0.2) is 6.10 Å². The molecule has 0 aliphatic heterocycles. The molecule has 0 spiro atoms. The van der Waals surface area contributed by atoms with Crippen molar-refractivity contribution in [2.45, 2.75) is 252 Å². The SMILES string of the molecule is CC/C=C\C/C=C\C/C=C\C/C=C\CCC(=O)OC(COC(=O)CCCCCCC/C=C\CCCCC)COC(=O)CCCCCCCCCC/C=C\C/C=C\C/C=C\CCCCCCC. The Morgan fingerprint density at radius 3 is 1.03 bits per heavy atom. The van der Waals surface area contributed by atoms with Gasteiger partial charge >= 0.3 is 17.9 Å². The molecule has 0 rings (SSSR count). The second-order valence-corrected chi connectivity index (χ2v) is 17.7. The van der Waals surface area contributed by atoms with Crippen LogP contribution in [-0.2, 0) is 28.6 Å². The molecular weight excluding hydrogens is 817 g/mol. The molecule has 0 radical (unpaired) electrons. The highest BCUT2D eigenvalue weighted by Crippen LogP contribution is 2.13. The minimum Gasteiger partial charge on any atom is -0.462 e. The molecule has 66 heavy (non-hydrogen) atoms. The molecule has 0 aromatic carbocycles. The Morgan fingerprint density at radius 2 is 0.621 bits per heavy atom. The lowest BCUT2D eigenvalue weighted by Gasteiger charge is -2.18. The first kappa shape index (κ1) is 62.3. The van der Waals surface area contributed by atoms with E-state index in [2.05, 4.69) is 106 Å². The van der Waals surface area contributed by atoms with Crippen LogP contribution in [0, 0.1) is 0 Å². The first-order valence-corrected chi connectivity index (χ1v) is 27.2. The third-order valence-electron chi connectivity index (χ3n) is 11.3. The Hall–Kier alpha value is -3.67. The zero-order valence-corrected chi connectivity index (χ0v) is 42.9. The molecule has 376 valence electrons. The molecule has 0 amide bonds. The maximum absolute atomic E-state index is 12.8. The van der Waals surface area contributed by atoms with Gasteiger partial charge in [0.2, 0.25) is 0 Å². The van der Waals surface area contributed by atoms with Crippen LogP contribution in [0.25, 0.3) is 0 Å². The predicted octanol–water partition coefficient (Wildman–Crippen LogP) is 18.1. The summed E-state index contributed by atoms with van der Waals surface area (Å²) in [5.74, 6) is -1.01. The van der Waals surface area contributed by atoms with Gasteiger partial charge in [0, 0.05) is 19.3 Å². The topological polar surface area (TPSA) is 78.9 Å². The normalized spacial score (nSPS) is 12.8. The lowest BCUT2D eigenvalue weighted by Crippen LogP contribution is -2.30. The first-order chi connectivity index (χ1) is 32.5. The van der Waals surface area contributed by atoms with E-state index in [0.29, 0.717) is 19.3 Å². The van der Waals surface area contributed by atoms with E-state index in [1.54, 1.807) is 0 Å². The van der Waals surface area contributed by atoms with Crippen LogP contribution in [0.1, 0.15) is 245 Å². The maximum atomic E-state index is 12.8. The summed E-state index contributed by atoms with van der Waals surface area (Å²) in [7, 11) is 0. The van der Waals surface area contributed by atoms with E-state index in [4.69, 9.17) is 14.2 Å². The van der Waals surface area contributed by atoms with Gasteiger partial charge in [0.05, 0.1) is 0 Å². The van der Waals surface area contributed by atoms with Crippen LogP contribution < -0.4 is 0 Å². The Morgan fingerprint density at radius 1 is 0.318 bits per heavy atom. The van der Waals surface area contributed by atoms with Gasteiger partial charge in [-0.1, -0.05) is 214 Å². The molecule has 6 nitrogen and oxygen atoms in total. The molecule has 0 aromatic heterocycles. The molecule has 0 aliphatic carbocycles. The number of carbonyl (C=O) groups is 3. The van der Waals surface area contributed by atoms with Crippen LogP contribution in [0.2, 0.25) is 0 Å². The summed E-state index contributed by atoms with van der Waals surface area (Å²) in [6, 6.07) is 0. The van der Waals surface area contributed by atoms with Crippen LogP contribution in [0.3, 0.4) is 0 Å². The van der Waals surface area contributed by atoms with Crippen LogP contribution >= 0.6 is 0 Å². The summed E-state index contributed by atoms with van der Waals surface area (Å²) < 4.78 is 16.7. The minimum atomic E-state index is -0.822. The molecule has 1 atom stereocenters. The molecule has 0 aliphatic rings. The van der Waals surface area contributed by atoms with Crippen molar-refractivity contribution >= 4 is 17.9 Å². The van der Waals surface area contributed by atoms with Crippen LogP contribution in [0.15, 0.2) is 97.2 Å². The Balaban J connectivity index is 4.39. The fraction of sp³-hybridized carbons (Fsp3) is 0.683. The van der Waals surface area contributed by atoms with Crippen LogP contribution in [0.5, 0.6) is 0 Å². The van der Waals surface area contributed by atoms with Gasteiger partial charge in [-0.15, -0.1) is 0 Å². The molecular formula is C60H100O6. The number of esters is 3. The summed E-state index contributed by atoms with van der Waals surface area (Å²) in [4.78, 5) is 38.0. The number of hydrogen-bond acceptors (Lipinski definition) is 6. The number of unbranched alkanes of at least 4 members (excludes halogenated alkanes) is 21. The highest BCUT2D eigenvalue weighted by Gasteiger charge is 2.19.